The second-order valence-corrected chi connectivity index (χ2v) is 5.17. The Morgan fingerprint density at radius 1 is 1.19 bits per heavy atom. The molecular weight excluding hydrogens is 264 g/mol. The summed E-state index contributed by atoms with van der Waals surface area (Å²) in [5, 5.41) is 7.41. The molecule has 0 amide bonds. The minimum absolute atomic E-state index is 0.729. The van der Waals surface area contributed by atoms with Gasteiger partial charge in [-0.15, -0.1) is 0 Å². The number of hydrogen-bond acceptors (Lipinski definition) is 4. The zero-order valence-corrected chi connectivity index (χ0v) is 12.7. The topological polar surface area (TPSA) is 55.9 Å². The van der Waals surface area contributed by atoms with Gasteiger partial charge in [-0.05, 0) is 32.9 Å². The van der Waals surface area contributed by atoms with Gasteiger partial charge < -0.3 is 14.4 Å². The summed E-state index contributed by atoms with van der Waals surface area (Å²) in [6.45, 7) is 8.45. The van der Waals surface area contributed by atoms with Crippen molar-refractivity contribution in [1.82, 2.24) is 20.0 Å². The Hall–Kier alpha value is -2.14. The van der Waals surface area contributed by atoms with E-state index in [-0.39, 0.29) is 0 Å². The van der Waals surface area contributed by atoms with Crippen LogP contribution in [-0.2, 0) is 19.6 Å². The molecule has 0 saturated carbocycles. The van der Waals surface area contributed by atoms with Crippen molar-refractivity contribution in [3.8, 4) is 0 Å². The first-order valence-electron chi connectivity index (χ1n) is 7.27. The molecule has 0 fully saturated rings. The first-order chi connectivity index (χ1) is 10.2. The van der Waals surface area contributed by atoms with Crippen LogP contribution in [0, 0.1) is 13.8 Å². The van der Waals surface area contributed by atoms with E-state index in [4.69, 9.17) is 9.51 Å². The summed E-state index contributed by atoms with van der Waals surface area (Å²) in [6, 6.07) is 8.25. The van der Waals surface area contributed by atoms with E-state index in [0.29, 0.717) is 0 Å². The van der Waals surface area contributed by atoms with Crippen molar-refractivity contribution in [3.63, 3.8) is 0 Å². The second-order valence-electron chi connectivity index (χ2n) is 5.17. The standard InChI is InChI=1S/C16H20N4O/c1-4-20-15-8-6-5-7-14(15)18-16(20)10-17-9-13-11(2)19-21-12(13)3/h5-8,17H,4,9-10H2,1-3H3. The maximum absolute atomic E-state index is 5.18. The second kappa shape index (κ2) is 5.69. The van der Waals surface area contributed by atoms with Crippen LogP contribution in [-0.4, -0.2) is 14.7 Å². The SMILES string of the molecule is CCn1c(CNCc2c(C)noc2C)nc2ccccc21. The van der Waals surface area contributed by atoms with Gasteiger partial charge in [-0.3, -0.25) is 0 Å². The highest BCUT2D eigenvalue weighted by atomic mass is 16.5. The molecule has 0 aliphatic carbocycles. The lowest BCUT2D eigenvalue weighted by Gasteiger charge is -2.07. The van der Waals surface area contributed by atoms with E-state index in [1.165, 1.54) is 5.52 Å². The number of nitrogens with zero attached hydrogens (tertiary/aromatic N) is 3. The third-order valence-electron chi connectivity index (χ3n) is 3.82. The van der Waals surface area contributed by atoms with Crippen molar-refractivity contribution in [2.45, 2.75) is 40.4 Å². The number of imidazole rings is 1. The predicted octanol–water partition coefficient (Wildman–Crippen LogP) is 2.95. The Morgan fingerprint density at radius 3 is 2.71 bits per heavy atom. The van der Waals surface area contributed by atoms with E-state index in [9.17, 15) is 0 Å². The molecule has 0 atom stereocenters. The monoisotopic (exact) mass is 284 g/mol. The number of fused-ring (bicyclic) bond motifs is 1. The zero-order valence-electron chi connectivity index (χ0n) is 12.7. The molecule has 110 valence electrons. The summed E-state index contributed by atoms with van der Waals surface area (Å²) in [5.41, 5.74) is 4.32. The molecule has 0 aliphatic heterocycles. The van der Waals surface area contributed by atoms with E-state index in [1.807, 2.05) is 19.9 Å². The van der Waals surface area contributed by atoms with Crippen LogP contribution in [0.2, 0.25) is 0 Å². The molecule has 2 heterocycles. The van der Waals surface area contributed by atoms with Crippen LogP contribution in [0.25, 0.3) is 11.0 Å². The maximum Gasteiger partial charge on any atom is 0.138 e. The summed E-state index contributed by atoms with van der Waals surface area (Å²) in [7, 11) is 0. The van der Waals surface area contributed by atoms with E-state index < -0.39 is 0 Å². The highest BCUT2D eigenvalue weighted by molar-refractivity contribution is 5.75. The molecule has 5 nitrogen and oxygen atoms in total. The number of nitrogens with one attached hydrogen (secondary N) is 1. The first-order valence-corrected chi connectivity index (χ1v) is 7.27. The Morgan fingerprint density at radius 2 is 2.00 bits per heavy atom. The number of aromatic nitrogens is 3. The lowest BCUT2D eigenvalue weighted by atomic mass is 10.2. The van der Waals surface area contributed by atoms with E-state index in [0.717, 1.165) is 48.0 Å². The molecular formula is C16H20N4O. The summed E-state index contributed by atoms with van der Waals surface area (Å²) in [4.78, 5) is 4.71. The number of hydrogen-bond donors (Lipinski definition) is 1. The summed E-state index contributed by atoms with van der Waals surface area (Å²) >= 11 is 0. The van der Waals surface area contributed by atoms with Gasteiger partial charge in [0.2, 0.25) is 0 Å². The van der Waals surface area contributed by atoms with Gasteiger partial charge in [0, 0.05) is 18.7 Å². The van der Waals surface area contributed by atoms with Gasteiger partial charge in [-0.2, -0.15) is 0 Å². The van der Waals surface area contributed by atoms with Gasteiger partial charge in [-0.25, -0.2) is 4.98 Å². The smallest absolute Gasteiger partial charge is 0.138 e. The normalized spacial score (nSPS) is 11.4. The maximum atomic E-state index is 5.18. The third kappa shape index (κ3) is 2.56. The van der Waals surface area contributed by atoms with Crippen LogP contribution < -0.4 is 5.32 Å². The first kappa shape index (κ1) is 13.8. The summed E-state index contributed by atoms with van der Waals surface area (Å²) in [6.07, 6.45) is 0. The molecule has 0 aliphatic rings. The van der Waals surface area contributed by atoms with Crippen molar-refractivity contribution >= 4 is 11.0 Å². The van der Waals surface area contributed by atoms with Crippen LogP contribution in [0.5, 0.6) is 0 Å². The summed E-state index contributed by atoms with van der Waals surface area (Å²) in [5.74, 6) is 1.94. The molecule has 2 aromatic heterocycles. The highest BCUT2D eigenvalue weighted by Crippen LogP contribution is 2.16. The van der Waals surface area contributed by atoms with E-state index in [1.54, 1.807) is 0 Å². The molecule has 0 unspecified atom stereocenters. The number of aryl methyl sites for hydroxylation is 3. The van der Waals surface area contributed by atoms with Gasteiger partial charge in [0.25, 0.3) is 0 Å². The molecule has 1 N–H and O–H groups in total. The predicted molar refractivity (Wildman–Crippen MR) is 81.9 cm³/mol. The van der Waals surface area contributed by atoms with Crippen LogP contribution >= 0.6 is 0 Å². The molecule has 0 spiro atoms. The van der Waals surface area contributed by atoms with Crippen molar-refractivity contribution in [3.05, 3.63) is 47.1 Å². The molecule has 0 bridgehead atoms. The van der Waals surface area contributed by atoms with Crippen molar-refractivity contribution in [1.29, 1.82) is 0 Å². The molecule has 0 radical (unpaired) electrons. The zero-order chi connectivity index (χ0) is 14.8. The number of rotatable bonds is 5. The van der Waals surface area contributed by atoms with Crippen molar-refractivity contribution < 1.29 is 4.52 Å². The van der Waals surface area contributed by atoms with Gasteiger partial charge in [0.15, 0.2) is 0 Å². The largest absolute Gasteiger partial charge is 0.361 e. The quantitative estimate of drug-likeness (QED) is 0.782. The molecule has 1 aromatic carbocycles. The summed E-state index contributed by atoms with van der Waals surface area (Å²) < 4.78 is 7.43. The fourth-order valence-electron chi connectivity index (χ4n) is 2.67. The number of para-hydroxylation sites is 2. The van der Waals surface area contributed by atoms with Crippen molar-refractivity contribution in [2.75, 3.05) is 0 Å². The molecule has 21 heavy (non-hydrogen) atoms. The lowest BCUT2D eigenvalue weighted by Crippen LogP contribution is -2.17. The Labute approximate surface area is 124 Å². The van der Waals surface area contributed by atoms with Gasteiger partial charge in [0.05, 0.1) is 23.3 Å². The van der Waals surface area contributed by atoms with E-state index >= 15 is 0 Å². The van der Waals surface area contributed by atoms with Crippen LogP contribution in [0.4, 0.5) is 0 Å². The number of benzene rings is 1. The van der Waals surface area contributed by atoms with E-state index in [2.05, 4.69) is 40.2 Å². The Bertz CT molecular complexity index is 737. The van der Waals surface area contributed by atoms with Gasteiger partial charge in [-0.1, -0.05) is 17.3 Å². The van der Waals surface area contributed by atoms with Crippen molar-refractivity contribution in [2.24, 2.45) is 0 Å². The van der Waals surface area contributed by atoms with Crippen LogP contribution in [0.3, 0.4) is 0 Å². The Kier molecular flexibility index (Phi) is 3.75. The fraction of sp³-hybridized carbons (Fsp3) is 0.375. The van der Waals surface area contributed by atoms with Gasteiger partial charge >= 0.3 is 0 Å². The van der Waals surface area contributed by atoms with Crippen LogP contribution in [0.15, 0.2) is 28.8 Å². The van der Waals surface area contributed by atoms with Gasteiger partial charge in [0.1, 0.15) is 11.6 Å². The van der Waals surface area contributed by atoms with Crippen LogP contribution in [0.1, 0.15) is 29.8 Å². The minimum Gasteiger partial charge on any atom is -0.361 e. The fourth-order valence-corrected chi connectivity index (χ4v) is 2.67. The highest BCUT2D eigenvalue weighted by Gasteiger charge is 2.11. The average Bonchev–Trinajstić information content (AvgIpc) is 3.00. The molecule has 5 heteroatoms. The molecule has 0 saturated heterocycles. The Balaban J connectivity index is 1.76. The lowest BCUT2D eigenvalue weighted by molar-refractivity contribution is 0.391. The average molecular weight is 284 g/mol. The minimum atomic E-state index is 0.729. The molecule has 3 aromatic rings. The third-order valence-corrected chi connectivity index (χ3v) is 3.82. The molecule has 3 rings (SSSR count).